The van der Waals surface area contributed by atoms with Gasteiger partial charge in [-0.25, -0.2) is 4.79 Å². The van der Waals surface area contributed by atoms with E-state index in [-0.39, 0.29) is 10.8 Å². The van der Waals surface area contributed by atoms with Crippen molar-refractivity contribution in [2.24, 2.45) is 0 Å². The van der Waals surface area contributed by atoms with Gasteiger partial charge in [0.1, 0.15) is 4.88 Å². The number of carbonyl (C=O) groups is 2. The second kappa shape index (κ2) is 5.02. The van der Waals surface area contributed by atoms with E-state index in [9.17, 15) is 9.59 Å². The molecule has 1 aliphatic heterocycles. The number of carboxylic acid groups (broad SMARTS) is 1. The third-order valence-corrected chi connectivity index (χ3v) is 3.46. The van der Waals surface area contributed by atoms with E-state index in [0.717, 1.165) is 24.3 Å². The lowest BCUT2D eigenvalue weighted by molar-refractivity contribution is -0.127. The van der Waals surface area contributed by atoms with Crippen LogP contribution in [0.2, 0.25) is 0 Å². The van der Waals surface area contributed by atoms with Crippen molar-refractivity contribution in [1.82, 2.24) is 4.90 Å². The number of nitrogens with zero attached hydrogens (tertiary/aromatic N) is 1. The second-order valence-corrected chi connectivity index (χ2v) is 4.77. The van der Waals surface area contributed by atoms with E-state index in [0.29, 0.717) is 17.8 Å². The van der Waals surface area contributed by atoms with E-state index in [2.05, 4.69) is 11.8 Å². The molecule has 0 saturated carbocycles. The van der Waals surface area contributed by atoms with Gasteiger partial charge in [0.05, 0.1) is 11.4 Å². The van der Waals surface area contributed by atoms with E-state index >= 15 is 0 Å². The average molecular weight is 249 g/mol. The van der Waals surface area contributed by atoms with E-state index in [1.165, 1.54) is 6.07 Å². The van der Waals surface area contributed by atoms with Crippen LogP contribution in [-0.2, 0) is 4.79 Å². The summed E-state index contributed by atoms with van der Waals surface area (Å²) in [6.07, 6.45) is 1.52. The number of thiophene rings is 1. The van der Waals surface area contributed by atoms with Gasteiger partial charge < -0.3 is 10.0 Å². The van der Waals surface area contributed by atoms with Gasteiger partial charge >= 0.3 is 5.97 Å². The van der Waals surface area contributed by atoms with Gasteiger partial charge in [0.15, 0.2) is 0 Å². The highest BCUT2D eigenvalue weighted by molar-refractivity contribution is 7.14. The summed E-state index contributed by atoms with van der Waals surface area (Å²) in [4.78, 5) is 24.7. The number of hydrogen-bond acceptors (Lipinski definition) is 3. The highest BCUT2D eigenvalue weighted by atomic mass is 32.1. The van der Waals surface area contributed by atoms with Crippen LogP contribution in [0, 0.1) is 11.8 Å². The third-order valence-electron chi connectivity index (χ3n) is 2.47. The molecular weight excluding hydrogens is 238 g/mol. The van der Waals surface area contributed by atoms with E-state index in [4.69, 9.17) is 5.11 Å². The van der Waals surface area contributed by atoms with Crippen molar-refractivity contribution in [3.05, 3.63) is 21.9 Å². The lowest BCUT2D eigenvalue weighted by atomic mass is 10.4. The minimum Gasteiger partial charge on any atom is -0.477 e. The second-order valence-electron chi connectivity index (χ2n) is 3.69. The SMILES string of the molecule is O=C(O)c1ccc(C#CCN2CCCC2=O)s1. The normalized spacial score (nSPS) is 14.6. The fraction of sp³-hybridized carbons (Fsp3) is 0.333. The molecule has 5 heteroatoms. The molecule has 0 radical (unpaired) electrons. The van der Waals surface area contributed by atoms with Crippen LogP contribution in [-0.4, -0.2) is 35.0 Å². The summed E-state index contributed by atoms with van der Waals surface area (Å²) in [5, 5.41) is 8.74. The topological polar surface area (TPSA) is 57.6 Å². The summed E-state index contributed by atoms with van der Waals surface area (Å²) < 4.78 is 0. The Labute approximate surface area is 103 Å². The summed E-state index contributed by atoms with van der Waals surface area (Å²) in [6, 6.07) is 3.23. The van der Waals surface area contributed by atoms with Crippen LogP contribution in [0.15, 0.2) is 12.1 Å². The Bertz CT molecular complexity index is 509. The first-order valence-electron chi connectivity index (χ1n) is 5.26. The summed E-state index contributed by atoms with van der Waals surface area (Å²) in [7, 11) is 0. The summed E-state index contributed by atoms with van der Waals surface area (Å²) in [6.45, 7) is 1.21. The zero-order chi connectivity index (χ0) is 12.3. The van der Waals surface area contributed by atoms with E-state index < -0.39 is 5.97 Å². The predicted molar refractivity (Wildman–Crippen MR) is 64.0 cm³/mol. The molecule has 1 amide bonds. The molecule has 0 aromatic carbocycles. The first-order chi connectivity index (χ1) is 8.16. The van der Waals surface area contributed by atoms with Crippen molar-refractivity contribution >= 4 is 23.2 Å². The maximum Gasteiger partial charge on any atom is 0.345 e. The van der Waals surface area contributed by atoms with Crippen molar-refractivity contribution in [1.29, 1.82) is 0 Å². The molecule has 1 saturated heterocycles. The van der Waals surface area contributed by atoms with Gasteiger partial charge in [-0.15, -0.1) is 11.3 Å². The number of rotatable bonds is 2. The molecule has 1 aromatic heterocycles. The Morgan fingerprint density at radius 1 is 1.53 bits per heavy atom. The van der Waals surface area contributed by atoms with E-state index in [1.54, 1.807) is 11.0 Å². The number of amides is 1. The van der Waals surface area contributed by atoms with Crippen LogP contribution in [0.1, 0.15) is 27.4 Å². The predicted octanol–water partition coefficient (Wildman–Crippen LogP) is 1.42. The van der Waals surface area contributed by atoms with Crippen LogP contribution in [0.5, 0.6) is 0 Å². The van der Waals surface area contributed by atoms with Gasteiger partial charge in [-0.3, -0.25) is 4.79 Å². The molecule has 0 unspecified atom stereocenters. The standard InChI is InChI=1S/C12H11NO3S/c14-11-4-2-8-13(11)7-1-3-9-5-6-10(17-9)12(15)16/h5-6H,2,4,7-8H2,(H,15,16). The Morgan fingerprint density at radius 2 is 2.35 bits per heavy atom. The molecule has 1 aromatic rings. The minimum absolute atomic E-state index is 0.150. The van der Waals surface area contributed by atoms with Crippen molar-refractivity contribution in [3.63, 3.8) is 0 Å². The minimum atomic E-state index is -0.933. The van der Waals surface area contributed by atoms with Crippen LogP contribution >= 0.6 is 11.3 Å². The van der Waals surface area contributed by atoms with Crippen molar-refractivity contribution in [2.75, 3.05) is 13.1 Å². The fourth-order valence-corrected chi connectivity index (χ4v) is 2.33. The molecule has 0 atom stereocenters. The largest absolute Gasteiger partial charge is 0.477 e. The molecule has 2 rings (SSSR count). The third kappa shape index (κ3) is 2.86. The smallest absolute Gasteiger partial charge is 0.345 e. The highest BCUT2D eigenvalue weighted by Crippen LogP contribution is 2.15. The number of carbonyl (C=O) groups excluding carboxylic acids is 1. The van der Waals surface area contributed by atoms with Crippen LogP contribution in [0.3, 0.4) is 0 Å². The fourth-order valence-electron chi connectivity index (χ4n) is 1.61. The first kappa shape index (κ1) is 11.7. The maximum atomic E-state index is 11.3. The molecule has 1 aliphatic rings. The summed E-state index contributed by atoms with van der Waals surface area (Å²) >= 11 is 1.15. The monoisotopic (exact) mass is 249 g/mol. The van der Waals surface area contributed by atoms with Gasteiger partial charge in [0.2, 0.25) is 5.91 Å². The average Bonchev–Trinajstić information content (AvgIpc) is 2.89. The molecule has 2 heterocycles. The Hall–Kier alpha value is -1.80. The lowest BCUT2D eigenvalue weighted by Crippen LogP contribution is -2.24. The number of aromatic carboxylic acids is 1. The summed E-state index contributed by atoms with van der Waals surface area (Å²) in [5.74, 6) is 4.99. The van der Waals surface area contributed by atoms with Crippen LogP contribution in [0.4, 0.5) is 0 Å². The number of hydrogen-bond donors (Lipinski definition) is 1. The molecule has 0 aliphatic carbocycles. The van der Waals surface area contributed by atoms with Crippen LogP contribution < -0.4 is 0 Å². The molecule has 0 bridgehead atoms. The van der Waals surface area contributed by atoms with Crippen molar-refractivity contribution < 1.29 is 14.7 Å². The zero-order valence-electron chi connectivity index (χ0n) is 9.10. The molecule has 1 N–H and O–H groups in total. The molecule has 1 fully saturated rings. The Kier molecular flexibility index (Phi) is 3.45. The van der Waals surface area contributed by atoms with Crippen LogP contribution in [0.25, 0.3) is 0 Å². The quantitative estimate of drug-likeness (QED) is 0.806. The lowest BCUT2D eigenvalue weighted by Gasteiger charge is -2.09. The molecule has 0 spiro atoms. The number of carboxylic acids is 1. The van der Waals surface area contributed by atoms with Crippen molar-refractivity contribution in [2.45, 2.75) is 12.8 Å². The molecule has 4 nitrogen and oxygen atoms in total. The van der Waals surface area contributed by atoms with Gasteiger partial charge in [-0.05, 0) is 18.6 Å². The summed E-state index contributed by atoms with van der Waals surface area (Å²) in [5.41, 5.74) is 0. The van der Waals surface area contributed by atoms with Gasteiger partial charge in [-0.1, -0.05) is 11.8 Å². The molecule has 88 valence electrons. The zero-order valence-corrected chi connectivity index (χ0v) is 9.92. The molecular formula is C12H11NO3S. The van der Waals surface area contributed by atoms with Gasteiger partial charge in [0.25, 0.3) is 0 Å². The Morgan fingerprint density at radius 3 is 2.94 bits per heavy atom. The van der Waals surface area contributed by atoms with E-state index in [1.807, 2.05) is 0 Å². The maximum absolute atomic E-state index is 11.3. The molecule has 17 heavy (non-hydrogen) atoms. The number of likely N-dealkylation sites (tertiary alicyclic amines) is 1. The van der Waals surface area contributed by atoms with Gasteiger partial charge in [0, 0.05) is 13.0 Å². The Balaban J connectivity index is 1.96. The first-order valence-corrected chi connectivity index (χ1v) is 6.08. The van der Waals surface area contributed by atoms with Crippen molar-refractivity contribution in [3.8, 4) is 11.8 Å². The van der Waals surface area contributed by atoms with Gasteiger partial charge in [-0.2, -0.15) is 0 Å². The highest BCUT2D eigenvalue weighted by Gasteiger charge is 2.18.